The lowest BCUT2D eigenvalue weighted by Gasteiger charge is -2.27. The summed E-state index contributed by atoms with van der Waals surface area (Å²) in [6.45, 7) is 14.2. The lowest BCUT2D eigenvalue weighted by Crippen LogP contribution is -2.43. The van der Waals surface area contributed by atoms with Gasteiger partial charge in [-0.1, -0.05) is 34.3 Å². The highest BCUT2D eigenvalue weighted by Crippen LogP contribution is 2.26. The Balaban J connectivity index is 4.01. The van der Waals surface area contributed by atoms with Crippen molar-refractivity contribution in [3.05, 3.63) is 12.3 Å². The zero-order valence-corrected chi connectivity index (χ0v) is 15.9. The Bertz CT molecular complexity index is 339. The normalized spacial score (nSPS) is 13.2. The molecule has 0 aliphatic rings. The van der Waals surface area contributed by atoms with Gasteiger partial charge in [-0.05, 0) is 26.3 Å². The number of hydrogen-bond acceptors (Lipinski definition) is 5. The van der Waals surface area contributed by atoms with Crippen molar-refractivity contribution in [1.82, 2.24) is 16.0 Å². The van der Waals surface area contributed by atoms with Gasteiger partial charge in [0, 0.05) is 36.0 Å². The van der Waals surface area contributed by atoms with Gasteiger partial charge in [-0.2, -0.15) is 12.6 Å². The summed E-state index contributed by atoms with van der Waals surface area (Å²) >= 11 is 4.24. The highest BCUT2D eigenvalue weighted by atomic mass is 32.1. The fraction of sp³-hybridized carbons (Fsp3) is 0.824. The average molecular weight is 330 g/mol. The first kappa shape index (κ1) is 21.5. The zero-order valence-electron chi connectivity index (χ0n) is 15.0. The first-order chi connectivity index (χ1) is 10.2. The second-order valence-corrected chi connectivity index (χ2v) is 7.13. The predicted octanol–water partition coefficient (Wildman–Crippen LogP) is 2.37. The van der Waals surface area contributed by atoms with Gasteiger partial charge in [-0.25, -0.2) is 0 Å². The molecule has 4 nitrogen and oxygen atoms in total. The highest BCUT2D eigenvalue weighted by Gasteiger charge is 2.31. The van der Waals surface area contributed by atoms with E-state index in [1.165, 1.54) is 0 Å². The standard InChI is InChI=1S/C17H35N3OS/c1-13(2)19-10-11-20-14(3)8-7-9-17(4,5)16(21)15(12-22)18-6/h13,15,18-20,22H,3,7-12H2,1-2,4-6H3/t15-/m0/s1. The minimum absolute atomic E-state index is 0.165. The van der Waals surface area contributed by atoms with Crippen LogP contribution in [0.15, 0.2) is 12.3 Å². The smallest absolute Gasteiger partial charge is 0.156 e. The molecular formula is C17H35N3OS. The summed E-state index contributed by atoms with van der Waals surface area (Å²) < 4.78 is 0. The molecule has 0 bridgehead atoms. The van der Waals surface area contributed by atoms with Crippen molar-refractivity contribution in [1.29, 1.82) is 0 Å². The summed E-state index contributed by atoms with van der Waals surface area (Å²) in [5, 5.41) is 9.73. The third-order valence-corrected chi connectivity index (χ3v) is 4.21. The van der Waals surface area contributed by atoms with E-state index in [0.29, 0.717) is 11.8 Å². The quantitative estimate of drug-likeness (QED) is 0.310. The molecule has 5 heteroatoms. The van der Waals surface area contributed by atoms with Crippen LogP contribution in [0.25, 0.3) is 0 Å². The molecule has 0 spiro atoms. The number of carbonyl (C=O) groups is 1. The average Bonchev–Trinajstić information content (AvgIpc) is 2.44. The maximum absolute atomic E-state index is 12.4. The van der Waals surface area contributed by atoms with Crippen LogP contribution in [0.4, 0.5) is 0 Å². The van der Waals surface area contributed by atoms with Crippen molar-refractivity contribution in [3.63, 3.8) is 0 Å². The number of Topliss-reactive ketones (excluding diaryl/α,β-unsaturated/α-hetero) is 1. The number of hydrogen-bond donors (Lipinski definition) is 4. The molecule has 0 aromatic carbocycles. The summed E-state index contributed by atoms with van der Waals surface area (Å²) in [7, 11) is 1.81. The molecule has 3 N–H and O–H groups in total. The van der Waals surface area contributed by atoms with Crippen LogP contribution in [0, 0.1) is 5.41 Å². The Morgan fingerprint density at radius 2 is 1.91 bits per heavy atom. The van der Waals surface area contributed by atoms with Crippen molar-refractivity contribution >= 4 is 18.4 Å². The van der Waals surface area contributed by atoms with E-state index in [0.717, 1.165) is 38.0 Å². The molecule has 0 rings (SSSR count). The number of likely N-dealkylation sites (N-methyl/N-ethyl adjacent to an activating group) is 1. The molecule has 0 amide bonds. The van der Waals surface area contributed by atoms with Gasteiger partial charge in [0.1, 0.15) is 0 Å². The molecule has 130 valence electrons. The third kappa shape index (κ3) is 8.81. The predicted molar refractivity (Wildman–Crippen MR) is 99.6 cm³/mol. The largest absolute Gasteiger partial charge is 0.388 e. The van der Waals surface area contributed by atoms with Gasteiger partial charge in [-0.15, -0.1) is 0 Å². The Morgan fingerprint density at radius 3 is 2.41 bits per heavy atom. The number of carbonyl (C=O) groups excluding carboxylic acids is 1. The van der Waals surface area contributed by atoms with Crippen LogP contribution in [0.3, 0.4) is 0 Å². The van der Waals surface area contributed by atoms with Crippen LogP contribution in [-0.4, -0.2) is 43.8 Å². The fourth-order valence-electron chi connectivity index (χ4n) is 2.33. The Morgan fingerprint density at radius 1 is 1.27 bits per heavy atom. The van der Waals surface area contributed by atoms with E-state index in [1.54, 1.807) is 0 Å². The Hall–Kier alpha value is -0.520. The molecule has 0 unspecified atom stereocenters. The zero-order chi connectivity index (χ0) is 17.2. The van der Waals surface area contributed by atoms with E-state index in [-0.39, 0.29) is 17.2 Å². The third-order valence-electron chi connectivity index (χ3n) is 3.85. The molecular weight excluding hydrogens is 294 g/mol. The molecule has 0 aliphatic carbocycles. The van der Waals surface area contributed by atoms with E-state index in [4.69, 9.17) is 0 Å². The highest BCUT2D eigenvalue weighted by molar-refractivity contribution is 7.80. The maximum Gasteiger partial charge on any atom is 0.156 e. The molecule has 0 aromatic rings. The van der Waals surface area contributed by atoms with E-state index < -0.39 is 0 Å². The monoisotopic (exact) mass is 329 g/mol. The van der Waals surface area contributed by atoms with Crippen LogP contribution in [0.1, 0.15) is 47.0 Å². The Kier molecular flexibility index (Phi) is 10.8. The summed E-state index contributed by atoms with van der Waals surface area (Å²) in [6, 6.07) is 0.343. The molecule has 0 heterocycles. The summed E-state index contributed by atoms with van der Waals surface area (Å²) in [6.07, 6.45) is 2.73. The second-order valence-electron chi connectivity index (χ2n) is 6.76. The van der Waals surface area contributed by atoms with Gasteiger partial charge in [0.2, 0.25) is 0 Å². The number of thiol groups is 1. The number of allylic oxidation sites excluding steroid dienone is 1. The van der Waals surface area contributed by atoms with Crippen LogP contribution in [0.5, 0.6) is 0 Å². The first-order valence-corrected chi connectivity index (χ1v) is 8.85. The minimum Gasteiger partial charge on any atom is -0.388 e. The molecule has 22 heavy (non-hydrogen) atoms. The van der Waals surface area contributed by atoms with E-state index in [1.807, 2.05) is 20.9 Å². The minimum atomic E-state index is -0.324. The lowest BCUT2D eigenvalue weighted by atomic mass is 9.80. The molecule has 0 fully saturated rings. The maximum atomic E-state index is 12.4. The molecule has 0 radical (unpaired) electrons. The SMILES string of the molecule is C=C(CCCC(C)(C)C(=O)[C@H](CS)NC)NCCNC(C)C. The van der Waals surface area contributed by atoms with Gasteiger partial charge < -0.3 is 16.0 Å². The van der Waals surface area contributed by atoms with Gasteiger partial charge in [0.25, 0.3) is 0 Å². The molecule has 0 aliphatic heterocycles. The van der Waals surface area contributed by atoms with Crippen molar-refractivity contribution in [2.24, 2.45) is 5.41 Å². The van der Waals surface area contributed by atoms with Crippen molar-refractivity contribution in [2.75, 3.05) is 25.9 Å². The summed E-state index contributed by atoms with van der Waals surface area (Å²) in [4.78, 5) is 12.4. The van der Waals surface area contributed by atoms with Crippen molar-refractivity contribution in [3.8, 4) is 0 Å². The van der Waals surface area contributed by atoms with E-state index in [9.17, 15) is 4.79 Å². The van der Waals surface area contributed by atoms with Crippen LogP contribution in [0.2, 0.25) is 0 Å². The van der Waals surface area contributed by atoms with E-state index >= 15 is 0 Å². The van der Waals surface area contributed by atoms with Crippen LogP contribution in [-0.2, 0) is 4.79 Å². The number of nitrogens with one attached hydrogen (secondary N) is 3. The molecule has 1 atom stereocenters. The van der Waals surface area contributed by atoms with Gasteiger partial charge in [0.05, 0.1) is 6.04 Å². The topological polar surface area (TPSA) is 53.2 Å². The van der Waals surface area contributed by atoms with E-state index in [2.05, 4.69) is 49.0 Å². The number of rotatable bonds is 13. The molecule has 0 saturated heterocycles. The second kappa shape index (κ2) is 11.1. The first-order valence-electron chi connectivity index (χ1n) is 8.22. The molecule has 0 saturated carbocycles. The number of ketones is 1. The van der Waals surface area contributed by atoms with Crippen molar-refractivity contribution < 1.29 is 4.79 Å². The fourth-order valence-corrected chi connectivity index (χ4v) is 2.68. The van der Waals surface area contributed by atoms with Crippen molar-refractivity contribution in [2.45, 2.75) is 59.0 Å². The molecule has 0 aromatic heterocycles. The lowest BCUT2D eigenvalue weighted by molar-refractivity contribution is -0.129. The van der Waals surface area contributed by atoms with Gasteiger partial charge in [0.15, 0.2) is 5.78 Å². The summed E-state index contributed by atoms with van der Waals surface area (Å²) in [5.41, 5.74) is 0.726. The van der Waals surface area contributed by atoms with Crippen LogP contribution < -0.4 is 16.0 Å². The summed E-state index contributed by atoms with van der Waals surface area (Å²) in [5.74, 6) is 0.778. The van der Waals surface area contributed by atoms with Gasteiger partial charge in [-0.3, -0.25) is 4.79 Å². The van der Waals surface area contributed by atoms with Gasteiger partial charge >= 0.3 is 0 Å². The van der Waals surface area contributed by atoms with Crippen LogP contribution >= 0.6 is 12.6 Å². The Labute approximate surface area is 142 Å².